The number of pyridine rings is 1. The molecule has 0 saturated carbocycles. The molecule has 0 aromatic carbocycles. The van der Waals surface area contributed by atoms with Crippen LogP contribution in [0.5, 0.6) is 0 Å². The summed E-state index contributed by atoms with van der Waals surface area (Å²) in [6, 6.07) is 4.31. The normalized spacial score (nSPS) is 14.2. The Kier molecular flexibility index (Phi) is 10.1. The van der Waals surface area contributed by atoms with Crippen molar-refractivity contribution in [2.75, 3.05) is 0 Å². The van der Waals surface area contributed by atoms with Crippen molar-refractivity contribution in [3.05, 3.63) is 30.1 Å². The zero-order valence-corrected chi connectivity index (χ0v) is 16.6. The predicted molar refractivity (Wildman–Crippen MR) is 96.8 cm³/mol. The van der Waals surface area contributed by atoms with Crippen molar-refractivity contribution in [1.82, 2.24) is 0 Å². The van der Waals surface area contributed by atoms with Gasteiger partial charge in [0.2, 0.25) is 0 Å². The summed E-state index contributed by atoms with van der Waals surface area (Å²) in [5, 5.41) is 0. The third-order valence-electron chi connectivity index (χ3n) is 3.78. The average Bonchev–Trinajstić information content (AvgIpc) is 2.46. The molecule has 1 nitrogen and oxygen atoms in total. The summed E-state index contributed by atoms with van der Waals surface area (Å²) in [4.78, 5) is 0. The quantitative estimate of drug-likeness (QED) is 0.150. The molecule has 8 heteroatoms. The second kappa shape index (κ2) is 10.5. The van der Waals surface area contributed by atoms with E-state index in [1.54, 1.807) is 0 Å². The van der Waals surface area contributed by atoms with Gasteiger partial charge in [-0.05, 0) is 19.4 Å². The maximum atomic E-state index is 9.87. The molecule has 26 heavy (non-hydrogen) atoms. The first-order chi connectivity index (χ1) is 11.8. The molecule has 0 unspecified atom stereocenters. The fourth-order valence-corrected chi connectivity index (χ4v) is 2.57. The summed E-state index contributed by atoms with van der Waals surface area (Å²) in [5.74, 6) is 0. The Labute approximate surface area is 153 Å². The Morgan fingerprint density at radius 3 is 1.62 bits per heavy atom. The Morgan fingerprint density at radius 1 is 0.769 bits per heavy atom. The topological polar surface area (TPSA) is 3.88 Å². The summed E-state index contributed by atoms with van der Waals surface area (Å²) in [6.07, 6.45) is 18.6. The van der Waals surface area contributed by atoms with Crippen LogP contribution < -0.4 is 4.57 Å². The van der Waals surface area contributed by atoms with Crippen molar-refractivity contribution >= 4 is 7.81 Å². The van der Waals surface area contributed by atoms with Crippen molar-refractivity contribution in [1.29, 1.82) is 0 Å². The third kappa shape index (κ3) is 25.4. The first-order valence-electron chi connectivity index (χ1n) is 9.30. The van der Waals surface area contributed by atoms with E-state index < -0.39 is 7.81 Å². The van der Waals surface area contributed by atoms with E-state index in [2.05, 4.69) is 42.9 Å². The van der Waals surface area contributed by atoms with Gasteiger partial charge in [-0.3, -0.25) is 0 Å². The summed E-state index contributed by atoms with van der Waals surface area (Å²) in [7, 11) is -10.7. The van der Waals surface area contributed by atoms with E-state index in [-0.39, 0.29) is 0 Å². The number of aromatic nitrogens is 1. The number of hydrogen-bond donors (Lipinski definition) is 0. The van der Waals surface area contributed by atoms with E-state index in [0.717, 1.165) is 0 Å². The molecule has 0 bridgehead atoms. The third-order valence-corrected chi connectivity index (χ3v) is 3.78. The first kappa shape index (κ1) is 25.2. The van der Waals surface area contributed by atoms with Gasteiger partial charge in [-0.1, -0.05) is 58.3 Å². The Bertz CT molecular complexity index is 490. The molecule has 0 saturated heterocycles. The Hall–Kier alpha value is -0.840. The Morgan fingerprint density at radius 2 is 1.19 bits per heavy atom. The van der Waals surface area contributed by atoms with Crippen LogP contribution in [0.3, 0.4) is 0 Å². The standard InChI is InChI=1S/C18H32N.F6P/c1-3-4-5-6-7-8-9-10-11-12-15-19-16-13-14-18(2)17-19;1-7(2,3,4,5)6/h13-14,16-17H,3-12,15H2,1-2H3;/q+1;-1. The summed E-state index contributed by atoms with van der Waals surface area (Å²) < 4.78 is 61.5. The van der Waals surface area contributed by atoms with Crippen LogP contribution in [0.1, 0.15) is 76.7 Å². The van der Waals surface area contributed by atoms with Gasteiger partial charge < -0.3 is 0 Å². The van der Waals surface area contributed by atoms with Gasteiger partial charge in [0.15, 0.2) is 12.4 Å². The van der Waals surface area contributed by atoms with Crippen molar-refractivity contribution in [3.63, 3.8) is 0 Å². The SMILES string of the molecule is CCCCCCCCCCCC[n+]1cccc(C)c1.F[P-](F)(F)(F)(F)F. The molecule has 156 valence electrons. The minimum absolute atomic E-state index is 1.18. The van der Waals surface area contributed by atoms with E-state index in [1.807, 2.05) is 0 Å². The van der Waals surface area contributed by atoms with Crippen LogP contribution in [0.15, 0.2) is 24.5 Å². The van der Waals surface area contributed by atoms with Crippen molar-refractivity contribution in [3.8, 4) is 0 Å². The molecule has 0 N–H and O–H groups in total. The molecule has 0 radical (unpaired) electrons. The van der Waals surface area contributed by atoms with E-state index in [9.17, 15) is 25.2 Å². The van der Waals surface area contributed by atoms with Crippen LogP contribution in [0.25, 0.3) is 0 Å². The predicted octanol–water partition coefficient (Wildman–Crippen LogP) is 8.59. The van der Waals surface area contributed by atoms with Gasteiger partial charge in [0.05, 0.1) is 0 Å². The number of rotatable bonds is 11. The second-order valence-corrected chi connectivity index (χ2v) is 8.68. The molecule has 0 aliphatic carbocycles. The van der Waals surface area contributed by atoms with Gasteiger partial charge in [-0.15, -0.1) is 0 Å². The van der Waals surface area contributed by atoms with E-state index in [4.69, 9.17) is 0 Å². The number of halogens is 6. The molecule has 0 aliphatic heterocycles. The van der Waals surface area contributed by atoms with Crippen molar-refractivity contribution in [2.24, 2.45) is 0 Å². The van der Waals surface area contributed by atoms with Gasteiger partial charge in [0, 0.05) is 18.1 Å². The molecule has 0 fully saturated rings. The molecule has 0 aliphatic rings. The van der Waals surface area contributed by atoms with Crippen molar-refractivity contribution in [2.45, 2.75) is 84.6 Å². The van der Waals surface area contributed by atoms with Gasteiger partial charge in [0.1, 0.15) is 6.54 Å². The van der Waals surface area contributed by atoms with Gasteiger partial charge in [-0.2, -0.15) is 0 Å². The number of unbranched alkanes of at least 4 members (excludes halogenated alkanes) is 9. The minimum atomic E-state index is -10.7. The van der Waals surface area contributed by atoms with Crippen LogP contribution in [-0.2, 0) is 6.54 Å². The van der Waals surface area contributed by atoms with E-state index in [0.29, 0.717) is 0 Å². The molecular weight excluding hydrogens is 375 g/mol. The molecule has 1 heterocycles. The zero-order chi connectivity index (χ0) is 20.2. The Balaban J connectivity index is 0.000000758. The fraction of sp³-hybridized carbons (Fsp3) is 0.722. The molecule has 1 rings (SSSR count). The summed E-state index contributed by atoms with van der Waals surface area (Å²) in [6.45, 7) is 5.62. The molecule has 1 aromatic heterocycles. The monoisotopic (exact) mass is 407 g/mol. The van der Waals surface area contributed by atoms with Gasteiger partial charge in [0.25, 0.3) is 0 Å². The van der Waals surface area contributed by atoms with Crippen LogP contribution in [0, 0.1) is 6.92 Å². The summed E-state index contributed by atoms with van der Waals surface area (Å²) in [5.41, 5.74) is 1.36. The summed E-state index contributed by atoms with van der Waals surface area (Å²) >= 11 is 0. The molecule has 0 spiro atoms. The second-order valence-electron chi connectivity index (χ2n) is 6.76. The molecule has 0 amide bonds. The number of hydrogen-bond acceptors (Lipinski definition) is 0. The number of aryl methyl sites for hydroxylation is 2. The van der Waals surface area contributed by atoms with Crippen molar-refractivity contribution < 1.29 is 29.7 Å². The maximum absolute atomic E-state index is 10.7. The number of nitrogens with zero attached hydrogens (tertiary/aromatic N) is 1. The fourth-order valence-electron chi connectivity index (χ4n) is 2.57. The average molecular weight is 407 g/mol. The van der Waals surface area contributed by atoms with Crippen LogP contribution in [0.4, 0.5) is 25.2 Å². The van der Waals surface area contributed by atoms with E-state index >= 15 is 0 Å². The first-order valence-corrected chi connectivity index (χ1v) is 11.3. The van der Waals surface area contributed by atoms with Gasteiger partial charge >= 0.3 is 33.0 Å². The van der Waals surface area contributed by atoms with E-state index in [1.165, 1.54) is 76.3 Å². The zero-order valence-electron chi connectivity index (χ0n) is 15.7. The molecule has 0 atom stereocenters. The van der Waals surface area contributed by atoms with Crippen LogP contribution >= 0.6 is 7.81 Å². The van der Waals surface area contributed by atoms with Crippen LogP contribution in [0.2, 0.25) is 0 Å². The van der Waals surface area contributed by atoms with Crippen LogP contribution in [-0.4, -0.2) is 0 Å². The van der Waals surface area contributed by atoms with Gasteiger partial charge in [-0.25, -0.2) is 4.57 Å². The molecule has 1 aromatic rings. The molecular formula is C18H32F6NP.